The first-order chi connectivity index (χ1) is 17.9. The van der Waals surface area contributed by atoms with Crippen molar-refractivity contribution in [3.63, 3.8) is 0 Å². The van der Waals surface area contributed by atoms with Crippen molar-refractivity contribution < 1.29 is 23.9 Å². The lowest BCUT2D eigenvalue weighted by atomic mass is 9.93. The van der Waals surface area contributed by atoms with Crippen molar-refractivity contribution in [2.75, 3.05) is 19.5 Å². The molecule has 3 aromatic rings. The molecule has 1 aliphatic rings. The van der Waals surface area contributed by atoms with E-state index in [4.69, 9.17) is 21.1 Å². The van der Waals surface area contributed by atoms with Crippen molar-refractivity contribution in [2.24, 2.45) is 5.92 Å². The summed E-state index contributed by atoms with van der Waals surface area (Å²) in [6.07, 6.45) is 0.108. The van der Waals surface area contributed by atoms with Crippen molar-refractivity contribution in [1.29, 1.82) is 0 Å². The van der Waals surface area contributed by atoms with E-state index in [1.165, 1.54) is 12.0 Å². The molecule has 9 heteroatoms. The van der Waals surface area contributed by atoms with E-state index in [0.717, 1.165) is 5.56 Å². The number of para-hydroxylation sites is 1. The zero-order chi connectivity index (χ0) is 26.4. The molecule has 4 rings (SSSR count). The van der Waals surface area contributed by atoms with Crippen molar-refractivity contribution in [3.05, 3.63) is 95.0 Å². The number of benzene rings is 3. The van der Waals surface area contributed by atoms with Crippen LogP contribution in [-0.2, 0) is 20.9 Å². The summed E-state index contributed by atoms with van der Waals surface area (Å²) < 4.78 is 10.2. The third-order valence-corrected chi connectivity index (χ3v) is 6.65. The van der Waals surface area contributed by atoms with Gasteiger partial charge >= 0.3 is 12.0 Å². The highest BCUT2D eigenvalue weighted by molar-refractivity contribution is 6.30. The minimum atomic E-state index is -0.910. The van der Waals surface area contributed by atoms with E-state index in [-0.39, 0.29) is 18.9 Å². The molecular weight excluding hydrogens is 494 g/mol. The van der Waals surface area contributed by atoms with Gasteiger partial charge in [-0.15, -0.1) is 0 Å². The van der Waals surface area contributed by atoms with Crippen LogP contribution in [0.2, 0.25) is 5.02 Å². The second-order valence-electron chi connectivity index (χ2n) is 8.65. The maximum atomic E-state index is 13.6. The number of ether oxygens (including phenoxy) is 2. The molecule has 192 valence electrons. The van der Waals surface area contributed by atoms with E-state index in [0.29, 0.717) is 22.0 Å². The Bertz CT molecular complexity index is 1230. The molecule has 3 amide bonds. The SMILES string of the molecule is COC(=O)C1CC(C(=O)NCc2ccc(OC)cc2)N(C(=O)Nc2ccccc2)C1c1ccc(Cl)cc1. The summed E-state index contributed by atoms with van der Waals surface area (Å²) in [5.74, 6) is -0.905. The van der Waals surface area contributed by atoms with Gasteiger partial charge in [0.25, 0.3) is 0 Å². The smallest absolute Gasteiger partial charge is 0.323 e. The van der Waals surface area contributed by atoms with E-state index in [2.05, 4.69) is 10.6 Å². The molecule has 0 spiro atoms. The summed E-state index contributed by atoms with van der Waals surface area (Å²) >= 11 is 6.09. The molecule has 1 saturated heterocycles. The van der Waals surface area contributed by atoms with Gasteiger partial charge in [-0.25, -0.2) is 4.79 Å². The fourth-order valence-electron chi connectivity index (χ4n) is 4.56. The maximum Gasteiger partial charge on any atom is 0.323 e. The largest absolute Gasteiger partial charge is 0.497 e. The highest BCUT2D eigenvalue weighted by Crippen LogP contribution is 2.42. The number of hydrogen-bond acceptors (Lipinski definition) is 5. The van der Waals surface area contributed by atoms with Crippen LogP contribution in [0.3, 0.4) is 0 Å². The average Bonchev–Trinajstić information content (AvgIpc) is 3.33. The van der Waals surface area contributed by atoms with E-state index >= 15 is 0 Å². The number of hydrogen-bond donors (Lipinski definition) is 2. The van der Waals surface area contributed by atoms with Gasteiger partial charge in [0, 0.05) is 17.3 Å². The number of nitrogens with zero attached hydrogens (tertiary/aromatic N) is 1. The molecule has 2 N–H and O–H groups in total. The molecule has 3 atom stereocenters. The van der Waals surface area contributed by atoms with Crippen LogP contribution in [0.4, 0.5) is 10.5 Å². The first-order valence-electron chi connectivity index (χ1n) is 11.8. The summed E-state index contributed by atoms with van der Waals surface area (Å²) in [4.78, 5) is 41.4. The Morgan fingerprint density at radius 3 is 2.24 bits per heavy atom. The lowest BCUT2D eigenvalue weighted by Crippen LogP contribution is -2.48. The molecule has 3 unspecified atom stereocenters. The van der Waals surface area contributed by atoms with Gasteiger partial charge in [0.2, 0.25) is 5.91 Å². The minimum Gasteiger partial charge on any atom is -0.497 e. The molecule has 0 aliphatic carbocycles. The van der Waals surface area contributed by atoms with Crippen LogP contribution in [0.25, 0.3) is 0 Å². The molecule has 37 heavy (non-hydrogen) atoms. The Balaban J connectivity index is 1.64. The minimum absolute atomic E-state index is 0.108. The number of carbonyl (C=O) groups excluding carboxylic acids is 3. The lowest BCUT2D eigenvalue weighted by molar-refractivity contribution is -0.146. The Hall–Kier alpha value is -4.04. The number of rotatable bonds is 7. The number of anilines is 1. The number of methoxy groups -OCH3 is 2. The summed E-state index contributed by atoms with van der Waals surface area (Å²) in [6, 6.07) is 21.0. The van der Waals surface area contributed by atoms with E-state index in [1.807, 2.05) is 18.2 Å². The number of amides is 3. The molecule has 8 nitrogen and oxygen atoms in total. The average molecular weight is 522 g/mol. The molecule has 1 fully saturated rings. The molecule has 0 aromatic heterocycles. The maximum absolute atomic E-state index is 13.6. The number of halogens is 1. The first-order valence-corrected chi connectivity index (χ1v) is 12.2. The quantitative estimate of drug-likeness (QED) is 0.435. The van der Waals surface area contributed by atoms with Crippen molar-refractivity contribution in [3.8, 4) is 5.75 Å². The molecule has 3 aromatic carbocycles. The number of esters is 1. The van der Waals surface area contributed by atoms with Crippen molar-refractivity contribution in [1.82, 2.24) is 10.2 Å². The van der Waals surface area contributed by atoms with Gasteiger partial charge in [0.1, 0.15) is 11.8 Å². The van der Waals surface area contributed by atoms with Gasteiger partial charge in [-0.2, -0.15) is 0 Å². The van der Waals surface area contributed by atoms with Gasteiger partial charge < -0.3 is 25.0 Å². The van der Waals surface area contributed by atoms with E-state index in [1.54, 1.807) is 67.8 Å². The predicted octanol–water partition coefficient (Wildman–Crippen LogP) is 4.80. The van der Waals surface area contributed by atoms with Gasteiger partial charge in [-0.3, -0.25) is 9.59 Å². The third kappa shape index (κ3) is 6.03. The topological polar surface area (TPSA) is 97.0 Å². The van der Waals surface area contributed by atoms with Gasteiger partial charge in [-0.05, 0) is 53.9 Å². The van der Waals surface area contributed by atoms with Crippen LogP contribution < -0.4 is 15.4 Å². The first kappa shape index (κ1) is 26.0. The monoisotopic (exact) mass is 521 g/mol. The highest BCUT2D eigenvalue weighted by Gasteiger charge is 2.51. The third-order valence-electron chi connectivity index (χ3n) is 6.40. The predicted molar refractivity (Wildman–Crippen MR) is 140 cm³/mol. The molecule has 0 bridgehead atoms. The zero-order valence-electron chi connectivity index (χ0n) is 20.5. The summed E-state index contributed by atoms with van der Waals surface area (Å²) in [7, 11) is 2.88. The van der Waals surface area contributed by atoms with Crippen molar-refractivity contribution in [2.45, 2.75) is 25.0 Å². The summed E-state index contributed by atoms with van der Waals surface area (Å²) in [6.45, 7) is 0.252. The highest BCUT2D eigenvalue weighted by atomic mass is 35.5. The second-order valence-corrected chi connectivity index (χ2v) is 9.08. The molecule has 0 saturated carbocycles. The normalized spacial score (nSPS) is 18.7. The molecule has 0 radical (unpaired) electrons. The van der Waals surface area contributed by atoms with Gasteiger partial charge in [0.05, 0.1) is 26.2 Å². The Kier molecular flexibility index (Phi) is 8.30. The Labute approximate surface area is 220 Å². The van der Waals surface area contributed by atoms with Crippen LogP contribution >= 0.6 is 11.6 Å². The van der Waals surface area contributed by atoms with Gasteiger partial charge in [-0.1, -0.05) is 54.1 Å². The van der Waals surface area contributed by atoms with Gasteiger partial charge in [0.15, 0.2) is 0 Å². The Morgan fingerprint density at radius 1 is 0.946 bits per heavy atom. The standard InChI is InChI=1S/C28H28ClN3O5/c1-36-22-14-8-18(9-15-22)17-30-26(33)24-16-23(27(34)37-2)25(19-10-12-20(29)13-11-19)32(24)28(35)31-21-6-4-3-5-7-21/h3-15,23-25H,16-17H2,1-2H3,(H,30,33)(H,31,35). The van der Waals surface area contributed by atoms with Crippen molar-refractivity contribution >= 4 is 35.2 Å². The fraction of sp³-hybridized carbons (Fsp3) is 0.250. The van der Waals surface area contributed by atoms with Crippen LogP contribution in [0, 0.1) is 5.92 Å². The van der Waals surface area contributed by atoms with E-state index < -0.39 is 30.0 Å². The lowest BCUT2D eigenvalue weighted by Gasteiger charge is -2.31. The second kappa shape index (κ2) is 11.8. The Morgan fingerprint density at radius 2 is 1.62 bits per heavy atom. The number of urea groups is 1. The van der Waals surface area contributed by atoms with Crippen LogP contribution in [0.15, 0.2) is 78.9 Å². The number of likely N-dealkylation sites (tertiary alicyclic amines) is 1. The zero-order valence-corrected chi connectivity index (χ0v) is 21.3. The summed E-state index contributed by atoms with van der Waals surface area (Å²) in [5, 5.41) is 6.29. The van der Waals surface area contributed by atoms with Crippen LogP contribution in [-0.4, -0.2) is 43.1 Å². The summed E-state index contributed by atoms with van der Waals surface area (Å²) in [5.41, 5.74) is 2.11. The number of nitrogens with one attached hydrogen (secondary N) is 2. The fourth-order valence-corrected chi connectivity index (χ4v) is 4.69. The molecular formula is C28H28ClN3O5. The van der Waals surface area contributed by atoms with Crippen LogP contribution in [0.1, 0.15) is 23.6 Å². The molecule has 1 heterocycles. The molecule has 1 aliphatic heterocycles. The number of carbonyl (C=O) groups is 3. The van der Waals surface area contributed by atoms with E-state index in [9.17, 15) is 14.4 Å². The van der Waals surface area contributed by atoms with Crippen LogP contribution in [0.5, 0.6) is 5.75 Å².